The molecule has 0 saturated carbocycles. The maximum Gasteiger partial charge on any atom is 0.0841 e. The van der Waals surface area contributed by atoms with Crippen LogP contribution in [0.4, 0.5) is 0 Å². The van der Waals surface area contributed by atoms with E-state index >= 15 is 0 Å². The van der Waals surface area contributed by atoms with E-state index in [1.54, 1.807) is 0 Å². The molecule has 2 rings (SSSR count). The summed E-state index contributed by atoms with van der Waals surface area (Å²) in [6.07, 6.45) is 3.79. The van der Waals surface area contributed by atoms with Gasteiger partial charge in [-0.05, 0) is 24.0 Å². The lowest BCUT2D eigenvalue weighted by Gasteiger charge is -2.34. The number of nitrogens with one attached hydrogen (secondary N) is 1. The predicted molar refractivity (Wildman–Crippen MR) is 70.8 cm³/mol. The van der Waals surface area contributed by atoms with Crippen molar-refractivity contribution in [2.75, 3.05) is 0 Å². The molecule has 1 atom stereocenters. The van der Waals surface area contributed by atoms with Crippen LogP contribution in [-0.4, -0.2) is 10.7 Å². The zero-order valence-electron chi connectivity index (χ0n) is 10.9. The van der Waals surface area contributed by atoms with Crippen LogP contribution in [0.2, 0.25) is 0 Å². The molecule has 0 bridgehead atoms. The lowest BCUT2D eigenvalue weighted by molar-refractivity contribution is -0.0136. The molecular formula is C15H23NO. The van der Waals surface area contributed by atoms with Crippen molar-refractivity contribution in [1.29, 1.82) is 0 Å². The molecule has 1 aromatic carbocycles. The fourth-order valence-corrected chi connectivity index (χ4v) is 3.06. The van der Waals surface area contributed by atoms with Crippen LogP contribution in [0.1, 0.15) is 56.7 Å². The van der Waals surface area contributed by atoms with Gasteiger partial charge in [0.05, 0.1) is 11.6 Å². The molecule has 0 amide bonds. The molecule has 0 aromatic heterocycles. The molecule has 1 heterocycles. The molecule has 0 saturated heterocycles. The molecule has 0 fully saturated rings. The topological polar surface area (TPSA) is 32.3 Å². The Morgan fingerprint density at radius 1 is 1.24 bits per heavy atom. The van der Waals surface area contributed by atoms with Gasteiger partial charge in [-0.1, -0.05) is 51.0 Å². The average Bonchev–Trinajstić information content (AvgIpc) is 2.74. The van der Waals surface area contributed by atoms with Crippen LogP contribution in [-0.2, 0) is 6.54 Å². The van der Waals surface area contributed by atoms with Gasteiger partial charge in [-0.25, -0.2) is 0 Å². The van der Waals surface area contributed by atoms with Crippen LogP contribution in [0.25, 0.3) is 0 Å². The minimum Gasteiger partial charge on any atom is -0.388 e. The van der Waals surface area contributed by atoms with Gasteiger partial charge in [0.2, 0.25) is 0 Å². The molecular weight excluding hydrogens is 210 g/mol. The number of rotatable bonds is 5. The Labute approximate surface area is 104 Å². The van der Waals surface area contributed by atoms with Gasteiger partial charge in [0.15, 0.2) is 0 Å². The summed E-state index contributed by atoms with van der Waals surface area (Å²) >= 11 is 0. The molecule has 94 valence electrons. The van der Waals surface area contributed by atoms with Crippen molar-refractivity contribution in [2.24, 2.45) is 0 Å². The van der Waals surface area contributed by atoms with Crippen LogP contribution < -0.4 is 5.32 Å². The Morgan fingerprint density at radius 2 is 1.88 bits per heavy atom. The smallest absolute Gasteiger partial charge is 0.0841 e. The molecule has 0 radical (unpaired) electrons. The number of hydrogen-bond donors (Lipinski definition) is 2. The van der Waals surface area contributed by atoms with Crippen molar-refractivity contribution >= 4 is 0 Å². The minimum absolute atomic E-state index is 0.110. The Hall–Kier alpha value is -0.860. The third-order valence-electron chi connectivity index (χ3n) is 3.77. The second-order valence-corrected chi connectivity index (χ2v) is 5.12. The standard InChI is InChI=1S/C15H23NO/c1-3-9-15(17,10-4-2)14-13-8-6-5-7-12(13)11-16-14/h5-8,14,16-17H,3-4,9-11H2,1-2H3. The van der Waals surface area contributed by atoms with Gasteiger partial charge in [-0.2, -0.15) is 0 Å². The van der Waals surface area contributed by atoms with E-state index in [0.717, 1.165) is 32.2 Å². The van der Waals surface area contributed by atoms with E-state index in [4.69, 9.17) is 0 Å². The normalized spacial score (nSPS) is 19.4. The van der Waals surface area contributed by atoms with Crippen LogP contribution in [0.15, 0.2) is 24.3 Å². The Bertz CT molecular complexity index is 369. The van der Waals surface area contributed by atoms with Gasteiger partial charge < -0.3 is 10.4 Å². The van der Waals surface area contributed by atoms with Crippen molar-refractivity contribution in [3.05, 3.63) is 35.4 Å². The molecule has 1 unspecified atom stereocenters. The Morgan fingerprint density at radius 3 is 2.53 bits per heavy atom. The number of hydrogen-bond acceptors (Lipinski definition) is 2. The second kappa shape index (κ2) is 5.19. The van der Waals surface area contributed by atoms with E-state index in [-0.39, 0.29) is 6.04 Å². The molecule has 1 aromatic rings. The first-order valence-corrected chi connectivity index (χ1v) is 6.75. The van der Waals surface area contributed by atoms with Crippen molar-refractivity contribution in [3.63, 3.8) is 0 Å². The predicted octanol–water partition coefficient (Wildman–Crippen LogP) is 3.16. The molecule has 2 heteroatoms. The first kappa shape index (κ1) is 12.6. The minimum atomic E-state index is -0.587. The highest BCUT2D eigenvalue weighted by molar-refractivity contribution is 5.35. The summed E-state index contributed by atoms with van der Waals surface area (Å²) in [5, 5.41) is 14.4. The van der Waals surface area contributed by atoms with Crippen molar-refractivity contribution < 1.29 is 5.11 Å². The van der Waals surface area contributed by atoms with Crippen molar-refractivity contribution in [3.8, 4) is 0 Å². The number of aliphatic hydroxyl groups is 1. The summed E-state index contributed by atoms with van der Waals surface area (Å²) < 4.78 is 0. The van der Waals surface area contributed by atoms with Gasteiger partial charge in [0.1, 0.15) is 0 Å². The highest BCUT2D eigenvalue weighted by atomic mass is 16.3. The summed E-state index contributed by atoms with van der Waals surface area (Å²) in [5.74, 6) is 0. The van der Waals surface area contributed by atoms with E-state index < -0.39 is 5.60 Å². The van der Waals surface area contributed by atoms with E-state index in [2.05, 4.69) is 43.4 Å². The fourth-order valence-electron chi connectivity index (χ4n) is 3.06. The lowest BCUT2D eigenvalue weighted by Crippen LogP contribution is -2.41. The molecule has 1 aliphatic rings. The Balaban J connectivity index is 2.27. The maximum absolute atomic E-state index is 10.9. The summed E-state index contributed by atoms with van der Waals surface area (Å²) in [6, 6.07) is 8.55. The third-order valence-corrected chi connectivity index (χ3v) is 3.77. The number of benzene rings is 1. The molecule has 0 spiro atoms. The van der Waals surface area contributed by atoms with Gasteiger partial charge in [-0.15, -0.1) is 0 Å². The van der Waals surface area contributed by atoms with Crippen LogP contribution in [0, 0.1) is 0 Å². The molecule has 2 nitrogen and oxygen atoms in total. The van der Waals surface area contributed by atoms with E-state index in [1.807, 2.05) is 0 Å². The monoisotopic (exact) mass is 233 g/mol. The van der Waals surface area contributed by atoms with Crippen molar-refractivity contribution in [1.82, 2.24) is 5.32 Å². The molecule has 17 heavy (non-hydrogen) atoms. The third kappa shape index (κ3) is 2.38. The number of fused-ring (bicyclic) bond motifs is 1. The molecule has 1 aliphatic heterocycles. The summed E-state index contributed by atoms with van der Waals surface area (Å²) in [6.45, 7) is 5.17. The zero-order chi connectivity index (χ0) is 12.3. The van der Waals surface area contributed by atoms with Gasteiger partial charge in [0.25, 0.3) is 0 Å². The van der Waals surface area contributed by atoms with Crippen LogP contribution in [0.3, 0.4) is 0 Å². The van der Waals surface area contributed by atoms with E-state index in [0.29, 0.717) is 0 Å². The van der Waals surface area contributed by atoms with Gasteiger partial charge >= 0.3 is 0 Å². The highest BCUT2D eigenvalue weighted by Crippen LogP contribution is 2.38. The van der Waals surface area contributed by atoms with E-state index in [1.165, 1.54) is 11.1 Å². The van der Waals surface area contributed by atoms with Gasteiger partial charge in [0, 0.05) is 6.54 Å². The first-order valence-electron chi connectivity index (χ1n) is 6.75. The van der Waals surface area contributed by atoms with Crippen LogP contribution in [0.5, 0.6) is 0 Å². The quantitative estimate of drug-likeness (QED) is 0.818. The Kier molecular flexibility index (Phi) is 3.85. The molecule has 2 N–H and O–H groups in total. The average molecular weight is 233 g/mol. The summed E-state index contributed by atoms with van der Waals surface area (Å²) in [7, 11) is 0. The van der Waals surface area contributed by atoms with Crippen LogP contribution >= 0.6 is 0 Å². The largest absolute Gasteiger partial charge is 0.388 e. The summed E-state index contributed by atoms with van der Waals surface area (Å²) in [5.41, 5.74) is 2.04. The SMILES string of the molecule is CCCC(O)(CCC)C1NCc2ccccc21. The fraction of sp³-hybridized carbons (Fsp3) is 0.600. The van der Waals surface area contributed by atoms with E-state index in [9.17, 15) is 5.11 Å². The second-order valence-electron chi connectivity index (χ2n) is 5.12. The lowest BCUT2D eigenvalue weighted by atomic mass is 9.82. The molecule has 0 aliphatic carbocycles. The first-order chi connectivity index (χ1) is 8.21. The van der Waals surface area contributed by atoms with Gasteiger partial charge in [-0.3, -0.25) is 0 Å². The highest BCUT2D eigenvalue weighted by Gasteiger charge is 2.39. The maximum atomic E-state index is 10.9. The summed E-state index contributed by atoms with van der Waals surface area (Å²) in [4.78, 5) is 0. The van der Waals surface area contributed by atoms with Crippen molar-refractivity contribution in [2.45, 2.75) is 57.7 Å². The zero-order valence-corrected chi connectivity index (χ0v) is 10.9.